The number of halogens is 4. The van der Waals surface area contributed by atoms with E-state index in [2.05, 4.69) is 22.1 Å². The summed E-state index contributed by atoms with van der Waals surface area (Å²) in [6.45, 7) is 4.39. The first-order valence-electron chi connectivity index (χ1n) is 12.0. The minimum Gasteiger partial charge on any atom is -0.443 e. The Balaban J connectivity index is 1.62. The molecule has 2 aliphatic rings. The number of amides is 2. The van der Waals surface area contributed by atoms with E-state index in [4.69, 9.17) is 4.74 Å². The number of nitrogens with zero attached hydrogens (tertiary/aromatic N) is 3. The summed E-state index contributed by atoms with van der Waals surface area (Å²) in [5, 5.41) is 4.12. The molecule has 2 amide bonds. The van der Waals surface area contributed by atoms with E-state index >= 15 is 4.39 Å². The van der Waals surface area contributed by atoms with E-state index in [1.54, 1.807) is 20.8 Å². The van der Waals surface area contributed by atoms with Gasteiger partial charge in [-0.05, 0) is 51.8 Å². The van der Waals surface area contributed by atoms with Gasteiger partial charge in [0.1, 0.15) is 11.4 Å². The number of fused-ring (bicyclic) bond motifs is 2. The van der Waals surface area contributed by atoms with Crippen LogP contribution < -0.4 is 16.3 Å². The number of nitrogens with one attached hydrogen (secondary N) is 2. The molecule has 0 saturated heterocycles. The first-order chi connectivity index (χ1) is 18.2. The van der Waals surface area contributed by atoms with E-state index in [0.717, 1.165) is 15.2 Å². The fourth-order valence-corrected chi connectivity index (χ4v) is 4.29. The Morgan fingerprint density at radius 2 is 1.92 bits per heavy atom. The molecule has 1 saturated carbocycles. The Labute approximate surface area is 219 Å². The van der Waals surface area contributed by atoms with Crippen molar-refractivity contribution in [2.45, 2.75) is 57.5 Å². The van der Waals surface area contributed by atoms with Crippen molar-refractivity contribution >= 4 is 28.8 Å². The molecule has 1 aromatic carbocycles. The van der Waals surface area contributed by atoms with E-state index in [-0.39, 0.29) is 28.2 Å². The molecule has 39 heavy (non-hydrogen) atoms. The second kappa shape index (κ2) is 8.86. The predicted molar refractivity (Wildman–Crippen MR) is 132 cm³/mol. The minimum atomic E-state index is -5.06. The third-order valence-corrected chi connectivity index (χ3v) is 6.24. The van der Waals surface area contributed by atoms with Crippen molar-refractivity contribution in [2.75, 3.05) is 5.32 Å². The van der Waals surface area contributed by atoms with Crippen LogP contribution in [-0.2, 0) is 16.8 Å². The minimum absolute atomic E-state index is 0.0964. The fourth-order valence-electron chi connectivity index (χ4n) is 4.29. The smallest absolute Gasteiger partial charge is 0.427 e. The highest BCUT2D eigenvalue weighted by Crippen LogP contribution is 2.45. The van der Waals surface area contributed by atoms with Gasteiger partial charge in [-0.2, -0.15) is 17.7 Å². The number of hydrogen-bond donors (Lipinski definition) is 2. The summed E-state index contributed by atoms with van der Waals surface area (Å²) < 4.78 is 65.6. The van der Waals surface area contributed by atoms with Crippen LogP contribution in [-0.4, -0.2) is 38.0 Å². The zero-order valence-electron chi connectivity index (χ0n) is 21.1. The normalized spacial score (nSPS) is 19.0. The van der Waals surface area contributed by atoms with Crippen LogP contribution in [0.1, 0.15) is 44.7 Å². The SMILES string of the molecule is CC(C)(C)OC(=O)n1c(=O)n(Cc2cc3c(cc2F)[C@@](C#CC2CC2)(C(F)(F)F)NC(=O)N3)c2ccncc21. The molecule has 9 nitrogen and oxygen atoms in total. The number of alkyl halides is 3. The topological polar surface area (TPSA) is 107 Å². The zero-order chi connectivity index (χ0) is 28.3. The van der Waals surface area contributed by atoms with Gasteiger partial charge < -0.3 is 15.4 Å². The number of carbonyl (C=O) groups is 2. The Kier molecular flexibility index (Phi) is 5.97. The van der Waals surface area contributed by atoms with E-state index in [1.165, 1.54) is 18.5 Å². The third-order valence-electron chi connectivity index (χ3n) is 6.24. The molecular weight excluding hydrogens is 522 g/mol. The highest BCUT2D eigenvalue weighted by Gasteiger charge is 2.59. The summed E-state index contributed by atoms with van der Waals surface area (Å²) in [6, 6.07) is 1.97. The Bertz CT molecular complexity index is 1640. The predicted octanol–water partition coefficient (Wildman–Crippen LogP) is 4.47. The molecule has 13 heteroatoms. The van der Waals surface area contributed by atoms with E-state index < -0.39 is 53.1 Å². The summed E-state index contributed by atoms with van der Waals surface area (Å²) in [6.07, 6.45) is -2.10. The number of benzene rings is 1. The van der Waals surface area contributed by atoms with Crippen molar-refractivity contribution in [3.8, 4) is 11.8 Å². The number of ether oxygens (including phenoxy) is 1. The quantitative estimate of drug-likeness (QED) is 0.365. The molecule has 0 spiro atoms. The number of aromatic nitrogens is 3. The molecule has 204 valence electrons. The Morgan fingerprint density at radius 1 is 1.21 bits per heavy atom. The van der Waals surface area contributed by atoms with Gasteiger partial charge in [-0.15, -0.1) is 0 Å². The number of urea groups is 1. The molecule has 1 fully saturated rings. The molecule has 5 rings (SSSR count). The number of hydrogen-bond acceptors (Lipinski definition) is 5. The molecule has 1 aliphatic carbocycles. The van der Waals surface area contributed by atoms with Gasteiger partial charge in [0.15, 0.2) is 0 Å². The van der Waals surface area contributed by atoms with Gasteiger partial charge in [-0.3, -0.25) is 9.55 Å². The van der Waals surface area contributed by atoms with Gasteiger partial charge in [-0.25, -0.2) is 18.8 Å². The van der Waals surface area contributed by atoms with Crippen LogP contribution in [0.15, 0.2) is 35.4 Å². The fraction of sp³-hybridized carbons (Fsp3) is 0.385. The van der Waals surface area contributed by atoms with E-state index in [9.17, 15) is 27.6 Å². The summed E-state index contributed by atoms with van der Waals surface area (Å²) >= 11 is 0. The molecule has 2 aromatic heterocycles. The monoisotopic (exact) mass is 545 g/mol. The van der Waals surface area contributed by atoms with Crippen molar-refractivity contribution in [1.29, 1.82) is 0 Å². The third kappa shape index (κ3) is 4.71. The first-order valence-corrected chi connectivity index (χ1v) is 12.0. The second-order valence-corrected chi connectivity index (χ2v) is 10.4. The Morgan fingerprint density at radius 3 is 2.56 bits per heavy atom. The second-order valence-electron chi connectivity index (χ2n) is 10.4. The molecular formula is C26H23F4N5O4. The molecule has 0 bridgehead atoms. The summed E-state index contributed by atoms with van der Waals surface area (Å²) in [4.78, 5) is 42.3. The maximum Gasteiger partial charge on any atom is 0.427 e. The zero-order valence-corrected chi connectivity index (χ0v) is 21.1. The maximum absolute atomic E-state index is 15.4. The van der Waals surface area contributed by atoms with Gasteiger partial charge in [-0.1, -0.05) is 11.8 Å². The molecule has 3 aromatic rings. The molecule has 0 radical (unpaired) electrons. The largest absolute Gasteiger partial charge is 0.443 e. The van der Waals surface area contributed by atoms with Crippen LogP contribution >= 0.6 is 0 Å². The van der Waals surface area contributed by atoms with Crippen LogP contribution in [0.4, 0.5) is 32.8 Å². The van der Waals surface area contributed by atoms with Crippen LogP contribution in [0.3, 0.4) is 0 Å². The molecule has 2 N–H and O–H groups in total. The van der Waals surface area contributed by atoms with Gasteiger partial charge in [0.25, 0.3) is 0 Å². The maximum atomic E-state index is 15.4. The lowest BCUT2D eigenvalue weighted by Crippen LogP contribution is -2.59. The highest BCUT2D eigenvalue weighted by atomic mass is 19.4. The van der Waals surface area contributed by atoms with Crippen molar-refractivity contribution in [3.63, 3.8) is 0 Å². The van der Waals surface area contributed by atoms with Gasteiger partial charge >= 0.3 is 24.0 Å². The standard InChI is InChI=1S/C26H23F4N5O4/c1-24(2,3)39-23(38)35-20-12-31-9-7-19(20)34(22(35)37)13-15-10-18-16(11-17(15)27)25(26(28,29)30,33-21(36)32-18)8-6-14-4-5-14/h7,9-12,14H,4-5,13H2,1-3H3,(H2,32,33,36)/t25-/m0/s1. The molecule has 1 atom stereocenters. The molecule has 0 unspecified atom stereocenters. The number of rotatable bonds is 2. The van der Waals surface area contributed by atoms with Crippen LogP contribution in [0.2, 0.25) is 0 Å². The van der Waals surface area contributed by atoms with Crippen LogP contribution in [0, 0.1) is 23.6 Å². The van der Waals surface area contributed by atoms with Crippen LogP contribution in [0.5, 0.6) is 0 Å². The Hall–Kier alpha value is -4.34. The van der Waals surface area contributed by atoms with Crippen molar-refractivity contribution in [1.82, 2.24) is 19.4 Å². The lowest BCUT2D eigenvalue weighted by molar-refractivity contribution is -0.178. The average Bonchev–Trinajstić information content (AvgIpc) is 3.60. The highest BCUT2D eigenvalue weighted by molar-refractivity contribution is 5.95. The van der Waals surface area contributed by atoms with Crippen molar-refractivity contribution in [2.24, 2.45) is 5.92 Å². The lowest BCUT2D eigenvalue weighted by atomic mass is 9.85. The first kappa shape index (κ1) is 26.3. The number of anilines is 1. The number of carbonyl (C=O) groups excluding carboxylic acids is 2. The van der Waals surface area contributed by atoms with E-state index in [0.29, 0.717) is 18.9 Å². The summed E-state index contributed by atoms with van der Waals surface area (Å²) in [7, 11) is 0. The van der Waals surface area contributed by atoms with Gasteiger partial charge in [0.05, 0.1) is 23.8 Å². The summed E-state index contributed by atoms with van der Waals surface area (Å²) in [5.74, 6) is 3.41. The molecule has 1 aliphatic heterocycles. The molecule has 3 heterocycles. The number of pyridine rings is 1. The van der Waals surface area contributed by atoms with Crippen LogP contribution in [0.25, 0.3) is 11.0 Å². The van der Waals surface area contributed by atoms with Crippen molar-refractivity contribution in [3.05, 3.63) is 58.0 Å². The van der Waals surface area contributed by atoms with Crippen molar-refractivity contribution < 1.29 is 31.9 Å². The lowest BCUT2D eigenvalue weighted by Gasteiger charge is -2.37. The van der Waals surface area contributed by atoms with E-state index in [1.807, 2.05) is 5.32 Å². The number of imidazole rings is 1. The summed E-state index contributed by atoms with van der Waals surface area (Å²) in [5.41, 5.74) is -5.69. The average molecular weight is 545 g/mol. The van der Waals surface area contributed by atoms with Gasteiger partial charge in [0, 0.05) is 28.9 Å². The van der Waals surface area contributed by atoms with Gasteiger partial charge in [0.2, 0.25) is 5.54 Å².